The molecule has 23 heavy (non-hydrogen) atoms. The van der Waals surface area contributed by atoms with E-state index in [-0.39, 0.29) is 10.8 Å². The van der Waals surface area contributed by atoms with Crippen LogP contribution in [-0.2, 0) is 10.0 Å². The highest BCUT2D eigenvalue weighted by Crippen LogP contribution is 2.25. The molecule has 2 heterocycles. The number of halogens is 1. The van der Waals surface area contributed by atoms with E-state index in [0.29, 0.717) is 18.3 Å². The minimum absolute atomic E-state index is 0.261. The van der Waals surface area contributed by atoms with Crippen molar-refractivity contribution in [3.8, 4) is 0 Å². The van der Waals surface area contributed by atoms with Crippen molar-refractivity contribution in [2.45, 2.75) is 18.1 Å². The molecule has 0 saturated carbocycles. The molecule has 7 nitrogen and oxygen atoms in total. The number of aryl methyl sites for hydroxylation is 1. The first-order valence-corrected chi connectivity index (χ1v) is 10.1. The van der Waals surface area contributed by atoms with Crippen molar-refractivity contribution < 1.29 is 8.42 Å². The maximum absolute atomic E-state index is 12.1. The monoisotopic (exact) mass is 419 g/mol. The summed E-state index contributed by atoms with van der Waals surface area (Å²) in [4.78, 5) is 8.56. The Morgan fingerprint density at radius 1 is 1.22 bits per heavy atom. The molecule has 0 saturated heterocycles. The van der Waals surface area contributed by atoms with E-state index in [0.717, 1.165) is 16.0 Å². The van der Waals surface area contributed by atoms with Crippen LogP contribution in [0.1, 0.15) is 12.6 Å². The molecule has 0 atom stereocenters. The van der Waals surface area contributed by atoms with Crippen LogP contribution < -0.4 is 15.4 Å². The van der Waals surface area contributed by atoms with E-state index in [1.54, 1.807) is 12.1 Å². The topological polar surface area (TPSA) is 96.0 Å². The van der Waals surface area contributed by atoms with Crippen LogP contribution in [0.25, 0.3) is 0 Å². The number of hydrogen-bond acceptors (Lipinski definition) is 7. The molecule has 0 aliphatic rings. The van der Waals surface area contributed by atoms with Crippen molar-refractivity contribution in [2.24, 2.45) is 0 Å². The number of hydrogen-bond donors (Lipinski definition) is 3. The molecule has 2 rings (SSSR count). The Kier molecular flexibility index (Phi) is 6.33. The second-order valence-electron chi connectivity index (χ2n) is 4.63. The molecule has 0 fully saturated rings. The number of nitrogens with one attached hydrogen (secondary N) is 3. The summed E-state index contributed by atoms with van der Waals surface area (Å²) >= 11 is 4.43. The zero-order chi connectivity index (χ0) is 16.9. The summed E-state index contributed by atoms with van der Waals surface area (Å²) in [5, 5.41) is 6.14. The first-order chi connectivity index (χ1) is 10.9. The summed E-state index contributed by atoms with van der Waals surface area (Å²) in [6, 6.07) is 5.09. The Hall–Kier alpha value is -1.23. The van der Waals surface area contributed by atoms with Crippen LogP contribution in [0.2, 0.25) is 0 Å². The van der Waals surface area contributed by atoms with Crippen molar-refractivity contribution in [3.05, 3.63) is 27.7 Å². The molecule has 10 heteroatoms. The predicted molar refractivity (Wildman–Crippen MR) is 96.6 cm³/mol. The van der Waals surface area contributed by atoms with Crippen LogP contribution in [-0.4, -0.2) is 38.0 Å². The van der Waals surface area contributed by atoms with E-state index in [1.165, 1.54) is 11.3 Å². The standard InChI is InChI=1S/C13H18BrN5O2S2/c1-3-15-13-18-9(2)8-11(19-13)16-6-7-17-23(20,21)12-5-4-10(14)22-12/h4-5,8,17H,3,6-7H2,1-2H3,(H2,15,16,18,19). The number of nitrogens with zero attached hydrogens (tertiary/aromatic N) is 2. The van der Waals surface area contributed by atoms with Crippen LogP contribution >= 0.6 is 27.3 Å². The van der Waals surface area contributed by atoms with Crippen LogP contribution in [0.5, 0.6) is 0 Å². The fraction of sp³-hybridized carbons (Fsp3) is 0.385. The first-order valence-electron chi connectivity index (χ1n) is 6.99. The third-order valence-electron chi connectivity index (χ3n) is 2.73. The van der Waals surface area contributed by atoms with Gasteiger partial charge in [0.1, 0.15) is 10.0 Å². The molecule has 0 aromatic carbocycles. The van der Waals surface area contributed by atoms with Crippen LogP contribution in [0.3, 0.4) is 0 Å². The zero-order valence-electron chi connectivity index (χ0n) is 12.8. The number of rotatable bonds is 8. The maximum Gasteiger partial charge on any atom is 0.250 e. The lowest BCUT2D eigenvalue weighted by Gasteiger charge is -2.09. The molecule has 0 unspecified atom stereocenters. The second kappa shape index (κ2) is 8.04. The molecule has 3 N–H and O–H groups in total. The van der Waals surface area contributed by atoms with Gasteiger partial charge in [0.15, 0.2) is 0 Å². The van der Waals surface area contributed by atoms with Crippen molar-refractivity contribution in [1.82, 2.24) is 14.7 Å². The lowest BCUT2D eigenvalue weighted by molar-refractivity contribution is 0.585. The fourth-order valence-electron chi connectivity index (χ4n) is 1.79. The molecular formula is C13H18BrN5O2S2. The van der Waals surface area contributed by atoms with Gasteiger partial charge in [-0.15, -0.1) is 11.3 Å². The van der Waals surface area contributed by atoms with E-state index < -0.39 is 10.0 Å². The molecule has 126 valence electrons. The average Bonchev–Trinajstić information content (AvgIpc) is 2.91. The lowest BCUT2D eigenvalue weighted by Crippen LogP contribution is -2.28. The number of thiophene rings is 1. The molecule has 0 bridgehead atoms. The number of aromatic nitrogens is 2. The highest BCUT2D eigenvalue weighted by atomic mass is 79.9. The van der Waals surface area contributed by atoms with Crippen molar-refractivity contribution >= 4 is 49.1 Å². The van der Waals surface area contributed by atoms with E-state index in [2.05, 4.69) is 41.3 Å². The summed E-state index contributed by atoms with van der Waals surface area (Å²) in [5.74, 6) is 1.21. The van der Waals surface area contributed by atoms with Gasteiger partial charge in [-0.05, 0) is 41.9 Å². The Bertz CT molecular complexity index is 763. The van der Waals surface area contributed by atoms with E-state index in [4.69, 9.17) is 0 Å². The largest absolute Gasteiger partial charge is 0.369 e. The van der Waals surface area contributed by atoms with Gasteiger partial charge in [-0.25, -0.2) is 18.1 Å². The van der Waals surface area contributed by atoms with Crippen LogP contribution in [0.15, 0.2) is 26.2 Å². The van der Waals surface area contributed by atoms with Gasteiger partial charge >= 0.3 is 0 Å². The second-order valence-corrected chi connectivity index (χ2v) is 9.09. The average molecular weight is 420 g/mol. The van der Waals surface area contributed by atoms with Crippen molar-refractivity contribution in [2.75, 3.05) is 30.3 Å². The van der Waals surface area contributed by atoms with Gasteiger partial charge in [-0.1, -0.05) is 0 Å². The van der Waals surface area contributed by atoms with Gasteiger partial charge in [-0.2, -0.15) is 4.98 Å². The Balaban J connectivity index is 1.88. The minimum Gasteiger partial charge on any atom is -0.369 e. The lowest BCUT2D eigenvalue weighted by atomic mass is 10.4. The summed E-state index contributed by atoms with van der Waals surface area (Å²) in [7, 11) is -3.47. The Labute approximate surface area is 148 Å². The van der Waals surface area contributed by atoms with Crippen LogP contribution in [0.4, 0.5) is 11.8 Å². The highest BCUT2D eigenvalue weighted by Gasteiger charge is 2.15. The molecule has 0 radical (unpaired) electrons. The number of sulfonamides is 1. The number of anilines is 2. The molecule has 2 aromatic heterocycles. The Morgan fingerprint density at radius 3 is 2.65 bits per heavy atom. The van der Waals surface area contributed by atoms with Gasteiger partial charge in [0.05, 0.1) is 3.79 Å². The molecule has 0 spiro atoms. The van der Waals surface area contributed by atoms with E-state index >= 15 is 0 Å². The minimum atomic E-state index is -3.47. The van der Waals surface area contributed by atoms with E-state index in [9.17, 15) is 8.42 Å². The maximum atomic E-state index is 12.1. The summed E-state index contributed by atoms with van der Waals surface area (Å²) in [6.45, 7) is 5.27. The van der Waals surface area contributed by atoms with Crippen molar-refractivity contribution in [1.29, 1.82) is 0 Å². The molecule has 2 aromatic rings. The molecule has 0 amide bonds. The fourth-order valence-corrected chi connectivity index (χ4v) is 4.87. The Morgan fingerprint density at radius 2 is 2.00 bits per heavy atom. The summed E-state index contributed by atoms with van der Waals surface area (Å²) in [6.07, 6.45) is 0. The SMILES string of the molecule is CCNc1nc(C)cc(NCCNS(=O)(=O)c2ccc(Br)s2)n1. The van der Waals surface area contributed by atoms with Gasteiger partial charge < -0.3 is 10.6 Å². The van der Waals surface area contributed by atoms with Gasteiger partial charge in [0.2, 0.25) is 16.0 Å². The summed E-state index contributed by atoms with van der Waals surface area (Å²) < 4.78 is 27.8. The van der Waals surface area contributed by atoms with Crippen LogP contribution in [0, 0.1) is 6.92 Å². The molecule has 0 aliphatic heterocycles. The molecular weight excluding hydrogens is 402 g/mol. The summed E-state index contributed by atoms with van der Waals surface area (Å²) in [5.41, 5.74) is 0.836. The third-order valence-corrected chi connectivity index (χ3v) is 6.30. The zero-order valence-corrected chi connectivity index (χ0v) is 16.0. The van der Waals surface area contributed by atoms with Gasteiger partial charge in [-0.3, -0.25) is 0 Å². The highest BCUT2D eigenvalue weighted by molar-refractivity contribution is 9.11. The third kappa shape index (κ3) is 5.41. The van der Waals surface area contributed by atoms with Gasteiger partial charge in [0, 0.05) is 31.4 Å². The smallest absolute Gasteiger partial charge is 0.250 e. The van der Waals surface area contributed by atoms with Crippen molar-refractivity contribution in [3.63, 3.8) is 0 Å². The van der Waals surface area contributed by atoms with Gasteiger partial charge in [0.25, 0.3) is 0 Å². The predicted octanol–water partition coefficient (Wildman–Crippen LogP) is 2.43. The normalized spacial score (nSPS) is 11.4. The first kappa shape index (κ1) is 18.1. The van der Waals surface area contributed by atoms with E-state index in [1.807, 2.05) is 19.9 Å². The quantitative estimate of drug-likeness (QED) is 0.568. The molecule has 0 aliphatic carbocycles.